The van der Waals surface area contributed by atoms with Crippen LogP contribution in [0.25, 0.3) is 10.6 Å². The minimum atomic E-state index is 0.566. The maximum absolute atomic E-state index is 5.53. The lowest BCUT2D eigenvalue weighted by atomic mass is 10.2. The monoisotopic (exact) mass is 448 g/mol. The zero-order valence-corrected chi connectivity index (χ0v) is 19.0. The van der Waals surface area contributed by atoms with Gasteiger partial charge in [0.2, 0.25) is 0 Å². The van der Waals surface area contributed by atoms with Crippen LogP contribution in [0.3, 0.4) is 0 Å². The van der Waals surface area contributed by atoms with E-state index in [0.29, 0.717) is 12.5 Å². The van der Waals surface area contributed by atoms with Crippen LogP contribution in [0.15, 0.2) is 65.1 Å². The molecule has 2 aromatic heterocycles. The molecule has 0 unspecified atom stereocenters. The number of benzene rings is 2. The van der Waals surface area contributed by atoms with Crippen molar-refractivity contribution < 1.29 is 4.74 Å². The van der Waals surface area contributed by atoms with Gasteiger partial charge < -0.3 is 9.30 Å². The summed E-state index contributed by atoms with van der Waals surface area (Å²) in [6, 6.07) is 18.7. The number of nitrogens with zero attached hydrogens (tertiary/aromatic N) is 4. The van der Waals surface area contributed by atoms with Crippen molar-refractivity contribution in [2.75, 3.05) is 6.61 Å². The molecule has 0 amide bonds. The minimum absolute atomic E-state index is 0.566. The lowest BCUT2D eigenvalue weighted by molar-refractivity contribution is 0.340. The zero-order valence-electron chi connectivity index (χ0n) is 17.4. The molecular formula is C24H24N4OS2. The molecule has 0 spiro atoms. The zero-order chi connectivity index (χ0) is 21.0. The number of thioether (sulfide) groups is 1. The standard InChI is InChI=1S/C24H24N4OS2/c1-2-29-21-12-10-19(11-13-21)23-25-20(15-30-23)16-31-24-27-26-22(18-8-9-18)28(24)14-17-6-4-3-5-7-17/h3-7,10-13,15,18H,2,8-9,14,16H2,1H3. The molecular weight excluding hydrogens is 424 g/mol. The van der Waals surface area contributed by atoms with Crippen LogP contribution >= 0.6 is 23.1 Å². The van der Waals surface area contributed by atoms with Gasteiger partial charge in [-0.25, -0.2) is 4.98 Å². The van der Waals surface area contributed by atoms with Crippen LogP contribution in [0, 0.1) is 0 Å². The van der Waals surface area contributed by atoms with Gasteiger partial charge in [0.05, 0.1) is 18.8 Å². The molecule has 5 nitrogen and oxygen atoms in total. The van der Waals surface area contributed by atoms with Crippen LogP contribution in [-0.2, 0) is 12.3 Å². The van der Waals surface area contributed by atoms with Crippen molar-refractivity contribution in [1.82, 2.24) is 19.7 Å². The van der Waals surface area contributed by atoms with E-state index in [4.69, 9.17) is 9.72 Å². The molecule has 2 aromatic carbocycles. The predicted octanol–water partition coefficient (Wildman–Crippen LogP) is 6.02. The van der Waals surface area contributed by atoms with Gasteiger partial charge in [-0.1, -0.05) is 42.1 Å². The van der Waals surface area contributed by atoms with Crippen molar-refractivity contribution in [2.45, 2.75) is 43.1 Å². The lowest BCUT2D eigenvalue weighted by Gasteiger charge is -2.09. The van der Waals surface area contributed by atoms with E-state index in [1.165, 1.54) is 18.4 Å². The Kier molecular flexibility index (Phi) is 6.04. The molecule has 0 aliphatic heterocycles. The summed E-state index contributed by atoms with van der Waals surface area (Å²) in [6.07, 6.45) is 2.43. The minimum Gasteiger partial charge on any atom is -0.494 e. The van der Waals surface area contributed by atoms with Gasteiger partial charge in [-0.3, -0.25) is 0 Å². The Balaban J connectivity index is 1.29. The van der Waals surface area contributed by atoms with E-state index in [1.54, 1.807) is 23.1 Å². The summed E-state index contributed by atoms with van der Waals surface area (Å²) in [5, 5.41) is 13.2. The Bertz CT molecular complexity index is 1130. The van der Waals surface area contributed by atoms with Gasteiger partial charge in [-0.15, -0.1) is 21.5 Å². The highest BCUT2D eigenvalue weighted by molar-refractivity contribution is 7.98. The second kappa shape index (κ2) is 9.24. The van der Waals surface area contributed by atoms with Crippen LogP contribution in [0.5, 0.6) is 5.75 Å². The average molecular weight is 449 g/mol. The molecule has 31 heavy (non-hydrogen) atoms. The predicted molar refractivity (Wildman–Crippen MR) is 126 cm³/mol. The van der Waals surface area contributed by atoms with E-state index in [9.17, 15) is 0 Å². The van der Waals surface area contributed by atoms with Crippen LogP contribution in [-0.4, -0.2) is 26.4 Å². The van der Waals surface area contributed by atoms with Gasteiger partial charge >= 0.3 is 0 Å². The molecule has 7 heteroatoms. The van der Waals surface area contributed by atoms with E-state index in [-0.39, 0.29) is 0 Å². The molecule has 1 fully saturated rings. The Morgan fingerprint density at radius 2 is 1.87 bits per heavy atom. The lowest BCUT2D eigenvalue weighted by Crippen LogP contribution is -2.06. The fourth-order valence-electron chi connectivity index (χ4n) is 3.47. The molecule has 5 rings (SSSR count). The van der Waals surface area contributed by atoms with Gasteiger partial charge in [0.1, 0.15) is 16.6 Å². The van der Waals surface area contributed by atoms with E-state index < -0.39 is 0 Å². The Morgan fingerprint density at radius 1 is 1.06 bits per heavy atom. The Hall–Kier alpha value is -2.64. The summed E-state index contributed by atoms with van der Waals surface area (Å²) in [5.74, 6) is 3.36. The van der Waals surface area contributed by atoms with E-state index in [2.05, 4.69) is 62.6 Å². The Morgan fingerprint density at radius 3 is 2.61 bits per heavy atom. The molecule has 0 bridgehead atoms. The van der Waals surface area contributed by atoms with Crippen LogP contribution in [0.4, 0.5) is 0 Å². The highest BCUT2D eigenvalue weighted by Gasteiger charge is 2.30. The normalized spacial score (nSPS) is 13.5. The highest BCUT2D eigenvalue weighted by atomic mass is 32.2. The van der Waals surface area contributed by atoms with Crippen molar-refractivity contribution in [1.29, 1.82) is 0 Å². The first kappa shape index (κ1) is 20.3. The summed E-state index contributed by atoms with van der Waals surface area (Å²) < 4.78 is 7.82. The maximum Gasteiger partial charge on any atom is 0.191 e. The molecule has 158 valence electrons. The van der Waals surface area contributed by atoms with Crippen LogP contribution in [0.1, 0.15) is 42.8 Å². The summed E-state index contributed by atoms with van der Waals surface area (Å²) in [4.78, 5) is 4.84. The van der Waals surface area contributed by atoms with E-state index in [1.807, 2.05) is 19.1 Å². The molecule has 1 saturated carbocycles. The van der Waals surface area contributed by atoms with Crippen LogP contribution < -0.4 is 4.74 Å². The van der Waals surface area contributed by atoms with Crippen molar-refractivity contribution in [3.63, 3.8) is 0 Å². The second-order valence-corrected chi connectivity index (χ2v) is 9.38. The van der Waals surface area contributed by atoms with E-state index in [0.717, 1.165) is 45.3 Å². The van der Waals surface area contributed by atoms with Gasteiger partial charge in [0, 0.05) is 22.6 Å². The molecule has 1 aliphatic rings. The maximum atomic E-state index is 5.53. The number of aromatic nitrogens is 4. The van der Waals surface area contributed by atoms with Gasteiger partial charge in [-0.2, -0.15) is 0 Å². The first-order valence-corrected chi connectivity index (χ1v) is 12.4. The van der Waals surface area contributed by atoms with Gasteiger partial charge in [0.25, 0.3) is 0 Å². The molecule has 0 radical (unpaired) electrons. The largest absolute Gasteiger partial charge is 0.494 e. The fourth-order valence-corrected chi connectivity index (χ4v) is 5.24. The number of hydrogen-bond donors (Lipinski definition) is 0. The quantitative estimate of drug-likeness (QED) is 0.293. The summed E-state index contributed by atoms with van der Waals surface area (Å²) in [5.41, 5.74) is 3.46. The topological polar surface area (TPSA) is 52.8 Å². The third-order valence-electron chi connectivity index (χ3n) is 5.18. The molecule has 2 heterocycles. The molecule has 0 saturated heterocycles. The second-order valence-electron chi connectivity index (χ2n) is 7.58. The van der Waals surface area contributed by atoms with Crippen molar-refractivity contribution in [3.8, 4) is 16.3 Å². The number of rotatable bonds is 9. The third kappa shape index (κ3) is 4.83. The summed E-state index contributed by atoms with van der Waals surface area (Å²) in [7, 11) is 0. The summed E-state index contributed by atoms with van der Waals surface area (Å²) >= 11 is 3.39. The first-order valence-electron chi connectivity index (χ1n) is 10.6. The first-order chi connectivity index (χ1) is 15.3. The number of hydrogen-bond acceptors (Lipinski definition) is 6. The fraction of sp³-hybridized carbons (Fsp3) is 0.292. The number of thiazole rings is 1. The van der Waals surface area contributed by atoms with Crippen molar-refractivity contribution >= 4 is 23.1 Å². The van der Waals surface area contributed by atoms with E-state index >= 15 is 0 Å². The SMILES string of the molecule is CCOc1ccc(-c2nc(CSc3nnc(C4CC4)n3Cc3ccccc3)cs2)cc1. The summed E-state index contributed by atoms with van der Waals surface area (Å²) in [6.45, 7) is 3.48. The Labute approximate surface area is 190 Å². The van der Waals surface area contributed by atoms with Crippen molar-refractivity contribution in [3.05, 3.63) is 77.1 Å². The molecule has 4 aromatic rings. The molecule has 0 N–H and O–H groups in total. The van der Waals surface area contributed by atoms with Gasteiger partial charge in [-0.05, 0) is 49.6 Å². The van der Waals surface area contributed by atoms with Gasteiger partial charge in [0.15, 0.2) is 5.16 Å². The molecule has 1 aliphatic carbocycles. The highest BCUT2D eigenvalue weighted by Crippen LogP contribution is 2.40. The smallest absolute Gasteiger partial charge is 0.191 e. The van der Waals surface area contributed by atoms with Crippen LogP contribution in [0.2, 0.25) is 0 Å². The third-order valence-corrected chi connectivity index (χ3v) is 7.13. The number of ether oxygens (including phenoxy) is 1. The van der Waals surface area contributed by atoms with Crippen molar-refractivity contribution in [2.24, 2.45) is 0 Å². The average Bonchev–Trinajstić information content (AvgIpc) is 3.40. The molecule has 0 atom stereocenters.